The summed E-state index contributed by atoms with van der Waals surface area (Å²) in [7, 11) is 1.55. The highest BCUT2D eigenvalue weighted by Gasteiger charge is 2.29. The summed E-state index contributed by atoms with van der Waals surface area (Å²) in [4.78, 5) is 12.3. The lowest BCUT2D eigenvalue weighted by Gasteiger charge is -2.24. The molecule has 1 amide bonds. The molecule has 1 aliphatic rings. The molecule has 0 heterocycles. The summed E-state index contributed by atoms with van der Waals surface area (Å²) in [5, 5.41) is 3.00. The molecule has 0 bridgehead atoms. The smallest absolute Gasteiger partial charge is 0.257 e. The van der Waals surface area contributed by atoms with Crippen LogP contribution in [0.1, 0.15) is 43.0 Å². The van der Waals surface area contributed by atoms with E-state index in [0.717, 1.165) is 0 Å². The highest BCUT2D eigenvalue weighted by atomic mass is 16.5. The van der Waals surface area contributed by atoms with Gasteiger partial charge in [0, 0.05) is 12.2 Å². The molecule has 0 aliphatic heterocycles. The van der Waals surface area contributed by atoms with Gasteiger partial charge in [0.1, 0.15) is 11.3 Å². The molecule has 1 aliphatic carbocycles. The van der Waals surface area contributed by atoms with E-state index in [1.165, 1.54) is 25.7 Å². The first-order valence-corrected chi connectivity index (χ1v) is 6.76. The van der Waals surface area contributed by atoms with E-state index >= 15 is 0 Å². The summed E-state index contributed by atoms with van der Waals surface area (Å²) in [5.74, 6) is 0.372. The van der Waals surface area contributed by atoms with Crippen molar-refractivity contribution in [3.05, 3.63) is 23.8 Å². The van der Waals surface area contributed by atoms with Gasteiger partial charge in [0.25, 0.3) is 5.91 Å². The lowest BCUT2D eigenvalue weighted by atomic mass is 9.89. The number of nitrogen functional groups attached to an aromatic ring is 1. The third-order valence-corrected chi connectivity index (χ3v) is 3.99. The van der Waals surface area contributed by atoms with Crippen LogP contribution in [0.3, 0.4) is 0 Å². The minimum atomic E-state index is -0.150. The number of hydrogen-bond acceptors (Lipinski definition) is 3. The molecule has 4 nitrogen and oxygen atoms in total. The number of hydrogen-bond donors (Lipinski definition) is 2. The lowest BCUT2D eigenvalue weighted by molar-refractivity contribution is 0.0932. The van der Waals surface area contributed by atoms with Crippen LogP contribution >= 0.6 is 0 Å². The van der Waals surface area contributed by atoms with Gasteiger partial charge < -0.3 is 15.8 Å². The number of ether oxygens (including phenoxy) is 1. The van der Waals surface area contributed by atoms with Gasteiger partial charge in [0.05, 0.1) is 7.11 Å². The number of carbonyl (C=O) groups excluding carboxylic acids is 1. The van der Waals surface area contributed by atoms with Gasteiger partial charge in [0.15, 0.2) is 0 Å². The Labute approximate surface area is 114 Å². The third-order valence-electron chi connectivity index (χ3n) is 3.99. The molecule has 0 aromatic heterocycles. The Morgan fingerprint density at radius 2 is 2.11 bits per heavy atom. The number of methoxy groups -OCH3 is 1. The van der Waals surface area contributed by atoms with Crippen LogP contribution in [0, 0.1) is 5.41 Å². The monoisotopic (exact) mass is 262 g/mol. The number of benzene rings is 1. The first kappa shape index (κ1) is 13.7. The van der Waals surface area contributed by atoms with Crippen LogP contribution in [0.2, 0.25) is 0 Å². The zero-order valence-electron chi connectivity index (χ0n) is 11.7. The van der Waals surface area contributed by atoms with Crippen molar-refractivity contribution in [3.63, 3.8) is 0 Å². The van der Waals surface area contributed by atoms with Crippen molar-refractivity contribution in [2.24, 2.45) is 5.41 Å². The Bertz CT molecular complexity index is 465. The second-order valence-electron chi connectivity index (χ2n) is 5.62. The predicted octanol–water partition coefficient (Wildman–Crippen LogP) is 2.59. The Kier molecular flexibility index (Phi) is 3.98. The van der Waals surface area contributed by atoms with Crippen molar-refractivity contribution in [2.75, 3.05) is 19.4 Å². The summed E-state index contributed by atoms with van der Waals surface area (Å²) in [6.07, 6.45) is 4.86. The second-order valence-corrected chi connectivity index (χ2v) is 5.62. The van der Waals surface area contributed by atoms with Crippen LogP contribution in [-0.2, 0) is 0 Å². The van der Waals surface area contributed by atoms with E-state index in [2.05, 4.69) is 12.2 Å². The molecule has 19 heavy (non-hydrogen) atoms. The standard InChI is InChI=1S/C15H22N2O2/c1-15(8-3-4-9-15)10-17-14(18)13-11(16)6-5-7-12(13)19-2/h5-7H,3-4,8-10,16H2,1-2H3,(H,17,18). The number of nitrogens with one attached hydrogen (secondary N) is 1. The van der Waals surface area contributed by atoms with Crippen molar-refractivity contribution < 1.29 is 9.53 Å². The molecule has 1 saturated carbocycles. The Balaban J connectivity index is 2.08. The topological polar surface area (TPSA) is 64.3 Å². The van der Waals surface area contributed by atoms with Crippen LogP contribution in [0.5, 0.6) is 5.75 Å². The molecule has 0 unspecified atom stereocenters. The second kappa shape index (κ2) is 5.51. The van der Waals surface area contributed by atoms with Crippen molar-refractivity contribution in [1.82, 2.24) is 5.32 Å². The number of nitrogens with two attached hydrogens (primary N) is 1. The largest absolute Gasteiger partial charge is 0.496 e. The normalized spacial score (nSPS) is 17.2. The number of anilines is 1. The zero-order chi connectivity index (χ0) is 13.9. The lowest BCUT2D eigenvalue weighted by Crippen LogP contribution is -2.34. The van der Waals surface area contributed by atoms with Gasteiger partial charge in [-0.3, -0.25) is 4.79 Å². The van der Waals surface area contributed by atoms with Gasteiger partial charge in [0.2, 0.25) is 0 Å². The maximum atomic E-state index is 12.3. The van der Waals surface area contributed by atoms with E-state index in [-0.39, 0.29) is 11.3 Å². The van der Waals surface area contributed by atoms with Crippen LogP contribution in [-0.4, -0.2) is 19.6 Å². The van der Waals surface area contributed by atoms with E-state index in [0.29, 0.717) is 23.5 Å². The van der Waals surface area contributed by atoms with E-state index < -0.39 is 0 Å². The SMILES string of the molecule is COc1cccc(N)c1C(=O)NCC1(C)CCCC1. The van der Waals surface area contributed by atoms with Crippen LogP contribution in [0.15, 0.2) is 18.2 Å². The van der Waals surface area contributed by atoms with Crippen LogP contribution in [0.25, 0.3) is 0 Å². The first-order chi connectivity index (χ1) is 9.06. The molecule has 2 rings (SSSR count). The van der Waals surface area contributed by atoms with Gasteiger partial charge in [-0.05, 0) is 30.4 Å². The quantitative estimate of drug-likeness (QED) is 0.820. The van der Waals surface area contributed by atoms with Crippen molar-refractivity contribution >= 4 is 11.6 Å². The number of carbonyl (C=O) groups is 1. The zero-order valence-corrected chi connectivity index (χ0v) is 11.7. The Morgan fingerprint density at radius 1 is 1.42 bits per heavy atom. The summed E-state index contributed by atoms with van der Waals surface area (Å²) in [6, 6.07) is 5.25. The summed E-state index contributed by atoms with van der Waals surface area (Å²) in [5.41, 5.74) is 6.99. The summed E-state index contributed by atoms with van der Waals surface area (Å²) < 4.78 is 5.20. The maximum Gasteiger partial charge on any atom is 0.257 e. The third kappa shape index (κ3) is 3.00. The van der Waals surface area contributed by atoms with Crippen LogP contribution < -0.4 is 15.8 Å². The first-order valence-electron chi connectivity index (χ1n) is 6.76. The number of amides is 1. The fourth-order valence-corrected chi connectivity index (χ4v) is 2.75. The molecule has 0 spiro atoms. The molecule has 1 aromatic carbocycles. The van der Waals surface area contributed by atoms with Crippen molar-refractivity contribution in [2.45, 2.75) is 32.6 Å². The van der Waals surface area contributed by atoms with Gasteiger partial charge >= 0.3 is 0 Å². The van der Waals surface area contributed by atoms with Crippen LogP contribution in [0.4, 0.5) is 5.69 Å². The Morgan fingerprint density at radius 3 is 2.74 bits per heavy atom. The van der Waals surface area contributed by atoms with Crippen molar-refractivity contribution in [3.8, 4) is 5.75 Å². The molecule has 4 heteroatoms. The molecule has 1 fully saturated rings. The highest BCUT2D eigenvalue weighted by Crippen LogP contribution is 2.36. The molecular weight excluding hydrogens is 240 g/mol. The molecule has 1 aromatic rings. The summed E-state index contributed by atoms with van der Waals surface area (Å²) in [6.45, 7) is 2.93. The van der Waals surface area contributed by atoms with Gasteiger partial charge in [-0.1, -0.05) is 25.8 Å². The van der Waals surface area contributed by atoms with Gasteiger partial charge in [-0.15, -0.1) is 0 Å². The molecule has 0 radical (unpaired) electrons. The van der Waals surface area contributed by atoms with Gasteiger partial charge in [-0.2, -0.15) is 0 Å². The van der Waals surface area contributed by atoms with E-state index in [4.69, 9.17) is 10.5 Å². The highest BCUT2D eigenvalue weighted by molar-refractivity contribution is 6.01. The minimum Gasteiger partial charge on any atom is -0.496 e. The van der Waals surface area contributed by atoms with E-state index in [1.54, 1.807) is 25.3 Å². The van der Waals surface area contributed by atoms with E-state index in [1.807, 2.05) is 0 Å². The Hall–Kier alpha value is -1.71. The molecule has 104 valence electrons. The molecule has 0 saturated heterocycles. The van der Waals surface area contributed by atoms with Crippen molar-refractivity contribution in [1.29, 1.82) is 0 Å². The number of rotatable bonds is 4. The predicted molar refractivity (Wildman–Crippen MR) is 76.3 cm³/mol. The van der Waals surface area contributed by atoms with Gasteiger partial charge in [-0.25, -0.2) is 0 Å². The van der Waals surface area contributed by atoms with E-state index in [9.17, 15) is 4.79 Å². The molecule has 0 atom stereocenters. The maximum absolute atomic E-state index is 12.3. The molecule has 3 N–H and O–H groups in total. The molecular formula is C15H22N2O2. The average molecular weight is 262 g/mol. The fraction of sp³-hybridized carbons (Fsp3) is 0.533. The average Bonchev–Trinajstić information content (AvgIpc) is 2.83. The summed E-state index contributed by atoms with van der Waals surface area (Å²) >= 11 is 0. The minimum absolute atomic E-state index is 0.150. The fourth-order valence-electron chi connectivity index (χ4n) is 2.75.